The zero-order valence-electron chi connectivity index (χ0n) is 12.4. The average molecular weight is 409 g/mol. The summed E-state index contributed by atoms with van der Waals surface area (Å²) >= 11 is 4.40. The second-order valence-electron chi connectivity index (χ2n) is 6.70. The molecule has 2 N–H and O–H groups in total. The van der Waals surface area contributed by atoms with E-state index in [1.807, 2.05) is 0 Å². The Balaban J connectivity index is 2.00. The molecule has 122 valence electrons. The van der Waals surface area contributed by atoms with Gasteiger partial charge in [-0.25, -0.2) is 12.8 Å². The van der Waals surface area contributed by atoms with Crippen molar-refractivity contribution in [1.29, 1.82) is 5.41 Å². The van der Waals surface area contributed by atoms with Gasteiger partial charge in [0, 0.05) is 0 Å². The topological polar surface area (TPSA) is 70.0 Å². The fourth-order valence-electron chi connectivity index (χ4n) is 3.08. The molecule has 2 heterocycles. The lowest BCUT2D eigenvalue weighted by molar-refractivity contribution is 0.418. The minimum absolute atomic E-state index is 0.0166. The maximum absolute atomic E-state index is 14.1. The molecule has 0 aromatic carbocycles. The summed E-state index contributed by atoms with van der Waals surface area (Å²) < 4.78 is 39.3. The van der Waals surface area contributed by atoms with Gasteiger partial charge in [0.2, 0.25) is 0 Å². The molecule has 3 rings (SSSR count). The normalized spacial score (nSPS) is 34.5. The Kier molecular flexibility index (Phi) is 3.73. The number of nitrogens with one attached hydrogen (secondary N) is 2. The molecule has 1 aromatic rings. The molecule has 1 aromatic heterocycles. The Hall–Kier alpha value is -0.470. The van der Waals surface area contributed by atoms with Crippen molar-refractivity contribution in [2.45, 2.75) is 43.4 Å². The van der Waals surface area contributed by atoms with Crippen LogP contribution in [-0.4, -0.2) is 24.8 Å². The molecule has 4 nitrogen and oxygen atoms in total. The van der Waals surface area contributed by atoms with E-state index in [2.05, 4.69) is 21.2 Å². The predicted octanol–water partition coefficient (Wildman–Crippen LogP) is 3.42. The molecule has 1 saturated heterocycles. The lowest BCUT2D eigenvalue weighted by Gasteiger charge is -2.44. The maximum atomic E-state index is 14.1. The maximum Gasteiger partial charge on any atom is 0.165 e. The molecule has 2 aliphatic rings. The SMILES string of the molecule is C[C@@]1(c2sc(Br)cc2F)CS(=O)(=O)[C@](C)(CC2CC2)C(=N)N1. The molecule has 0 bridgehead atoms. The second-order valence-corrected chi connectivity index (χ2v) is 11.5. The third-order valence-corrected chi connectivity index (χ3v) is 9.21. The highest BCUT2D eigenvalue weighted by Gasteiger charge is 2.55. The monoisotopic (exact) mass is 408 g/mol. The fourth-order valence-corrected chi connectivity index (χ4v) is 6.87. The van der Waals surface area contributed by atoms with Crippen LogP contribution in [-0.2, 0) is 15.4 Å². The predicted molar refractivity (Wildman–Crippen MR) is 89.7 cm³/mol. The minimum atomic E-state index is -3.55. The summed E-state index contributed by atoms with van der Waals surface area (Å²) in [5.41, 5.74) is -1.10. The molecule has 0 unspecified atom stereocenters. The zero-order chi connectivity index (χ0) is 16.3. The number of rotatable bonds is 3. The highest BCUT2D eigenvalue weighted by molar-refractivity contribution is 9.11. The third-order valence-electron chi connectivity index (χ3n) is 4.63. The van der Waals surface area contributed by atoms with Gasteiger partial charge in [-0.15, -0.1) is 11.3 Å². The molecule has 8 heteroatoms. The van der Waals surface area contributed by atoms with E-state index in [1.165, 1.54) is 17.4 Å². The number of halogens is 2. The van der Waals surface area contributed by atoms with Gasteiger partial charge in [0.25, 0.3) is 0 Å². The molecular formula is C14H18BrFN2O2S2. The van der Waals surface area contributed by atoms with E-state index in [9.17, 15) is 12.8 Å². The minimum Gasteiger partial charge on any atom is -0.361 e. The van der Waals surface area contributed by atoms with Crippen LogP contribution in [0.5, 0.6) is 0 Å². The number of thiophene rings is 1. The zero-order valence-corrected chi connectivity index (χ0v) is 15.6. The molecule has 2 atom stereocenters. The van der Waals surface area contributed by atoms with E-state index in [4.69, 9.17) is 5.41 Å². The lowest BCUT2D eigenvalue weighted by Crippen LogP contribution is -2.65. The molecule has 2 fully saturated rings. The lowest BCUT2D eigenvalue weighted by atomic mass is 9.96. The Morgan fingerprint density at radius 1 is 1.50 bits per heavy atom. The molecule has 1 saturated carbocycles. The molecule has 22 heavy (non-hydrogen) atoms. The van der Waals surface area contributed by atoms with Gasteiger partial charge >= 0.3 is 0 Å². The van der Waals surface area contributed by atoms with Crippen molar-refractivity contribution in [3.8, 4) is 0 Å². The molecule has 0 radical (unpaired) electrons. The van der Waals surface area contributed by atoms with Crippen LogP contribution in [0.2, 0.25) is 0 Å². The van der Waals surface area contributed by atoms with Gasteiger partial charge in [-0.2, -0.15) is 0 Å². The van der Waals surface area contributed by atoms with Gasteiger partial charge in [0.05, 0.1) is 20.0 Å². The van der Waals surface area contributed by atoms with E-state index in [-0.39, 0.29) is 11.6 Å². The Morgan fingerprint density at radius 3 is 2.59 bits per heavy atom. The van der Waals surface area contributed by atoms with Crippen LogP contribution in [0, 0.1) is 17.1 Å². The fraction of sp³-hybridized carbons (Fsp3) is 0.643. The molecule has 0 amide bonds. The van der Waals surface area contributed by atoms with Crippen LogP contribution in [0.25, 0.3) is 0 Å². The van der Waals surface area contributed by atoms with E-state index < -0.39 is 25.9 Å². The van der Waals surface area contributed by atoms with E-state index in [0.29, 0.717) is 21.0 Å². The van der Waals surface area contributed by atoms with E-state index in [1.54, 1.807) is 13.8 Å². The van der Waals surface area contributed by atoms with Crippen molar-refractivity contribution in [2.24, 2.45) is 5.92 Å². The first-order chi connectivity index (χ1) is 10.1. The standard InChI is InChI=1S/C14H18BrFN2O2S2/c1-13(11-9(16)5-10(15)21-11)7-22(19,20)14(2,12(17)18-13)6-8-3-4-8/h5,8H,3-4,6-7H2,1-2H3,(H2,17,18)/t13-,14+/m0/s1. The Labute approximate surface area is 142 Å². The molecule has 0 spiro atoms. The summed E-state index contributed by atoms with van der Waals surface area (Å²) in [6.45, 7) is 3.27. The summed E-state index contributed by atoms with van der Waals surface area (Å²) in [6.07, 6.45) is 2.54. The van der Waals surface area contributed by atoms with Crippen LogP contribution in [0.3, 0.4) is 0 Å². The summed E-state index contributed by atoms with van der Waals surface area (Å²) in [5.74, 6) is -0.271. The number of hydrogen-bond acceptors (Lipinski definition) is 4. The van der Waals surface area contributed by atoms with Gasteiger partial charge in [-0.05, 0) is 48.2 Å². The molecule has 1 aliphatic carbocycles. The smallest absolute Gasteiger partial charge is 0.165 e. The summed E-state index contributed by atoms with van der Waals surface area (Å²) in [7, 11) is -3.55. The summed E-state index contributed by atoms with van der Waals surface area (Å²) in [4.78, 5) is 0.321. The van der Waals surface area contributed by atoms with E-state index in [0.717, 1.165) is 12.8 Å². The van der Waals surface area contributed by atoms with Crippen LogP contribution in [0.15, 0.2) is 9.85 Å². The van der Waals surface area contributed by atoms with Gasteiger partial charge in [0.1, 0.15) is 16.4 Å². The first kappa shape index (κ1) is 16.4. The number of hydrogen-bond donors (Lipinski definition) is 2. The number of sulfone groups is 1. The van der Waals surface area contributed by atoms with Gasteiger partial charge in [-0.3, -0.25) is 5.41 Å². The average Bonchev–Trinajstić information content (AvgIpc) is 3.10. The summed E-state index contributed by atoms with van der Waals surface area (Å²) in [6, 6.07) is 1.33. The second kappa shape index (κ2) is 5.01. The largest absolute Gasteiger partial charge is 0.361 e. The van der Waals surface area contributed by atoms with Gasteiger partial charge in [0.15, 0.2) is 9.84 Å². The highest BCUT2D eigenvalue weighted by Crippen LogP contribution is 2.45. The summed E-state index contributed by atoms with van der Waals surface area (Å²) in [5, 5.41) is 11.3. The first-order valence-electron chi connectivity index (χ1n) is 7.12. The third kappa shape index (κ3) is 2.53. The quantitative estimate of drug-likeness (QED) is 0.804. The van der Waals surface area contributed by atoms with Crippen molar-refractivity contribution in [3.05, 3.63) is 20.5 Å². The van der Waals surface area contributed by atoms with Gasteiger partial charge in [-0.1, -0.05) is 12.8 Å². The highest BCUT2D eigenvalue weighted by atomic mass is 79.9. The number of amidine groups is 1. The van der Waals surface area contributed by atoms with Crippen LogP contribution in [0.1, 0.15) is 38.0 Å². The van der Waals surface area contributed by atoms with Crippen LogP contribution >= 0.6 is 27.3 Å². The van der Waals surface area contributed by atoms with Crippen LogP contribution < -0.4 is 5.32 Å². The molecular weight excluding hydrogens is 391 g/mol. The van der Waals surface area contributed by atoms with Gasteiger partial charge < -0.3 is 5.32 Å². The van der Waals surface area contributed by atoms with Crippen molar-refractivity contribution in [2.75, 3.05) is 5.75 Å². The van der Waals surface area contributed by atoms with Crippen molar-refractivity contribution >= 4 is 42.9 Å². The van der Waals surface area contributed by atoms with E-state index >= 15 is 0 Å². The first-order valence-corrected chi connectivity index (χ1v) is 10.4. The molecule has 1 aliphatic heterocycles. The van der Waals surface area contributed by atoms with Crippen molar-refractivity contribution < 1.29 is 12.8 Å². The van der Waals surface area contributed by atoms with Crippen molar-refractivity contribution in [3.63, 3.8) is 0 Å². The van der Waals surface area contributed by atoms with Crippen molar-refractivity contribution in [1.82, 2.24) is 5.32 Å². The van der Waals surface area contributed by atoms with Crippen LogP contribution in [0.4, 0.5) is 4.39 Å². The Bertz CT molecular complexity index is 744. The Morgan fingerprint density at radius 2 is 2.14 bits per heavy atom.